The van der Waals surface area contributed by atoms with Gasteiger partial charge in [-0.05, 0) is 11.5 Å². The third-order valence-electron chi connectivity index (χ3n) is 2.21. The van der Waals surface area contributed by atoms with E-state index in [0.717, 1.165) is 10.8 Å². The van der Waals surface area contributed by atoms with Crippen LogP contribution >= 0.6 is 0 Å². The highest BCUT2D eigenvalue weighted by Crippen LogP contribution is 2.26. The zero-order valence-corrected chi connectivity index (χ0v) is 8.47. The van der Waals surface area contributed by atoms with Crippen molar-refractivity contribution in [3.05, 3.63) is 54.8 Å². The number of fused-ring (bicyclic) bond motifs is 1. The molecule has 16 heavy (non-hydrogen) atoms. The number of carboxylic acids is 1. The van der Waals surface area contributed by atoms with Crippen LogP contribution in [0.15, 0.2) is 54.8 Å². The summed E-state index contributed by atoms with van der Waals surface area (Å²) in [6.45, 7) is 3.27. The van der Waals surface area contributed by atoms with Gasteiger partial charge in [0.25, 0.3) is 0 Å². The van der Waals surface area contributed by atoms with Crippen LogP contribution in [0.2, 0.25) is 0 Å². The van der Waals surface area contributed by atoms with Crippen molar-refractivity contribution in [3.63, 3.8) is 0 Å². The number of carbonyl (C=O) groups is 1. The van der Waals surface area contributed by atoms with E-state index in [1.165, 1.54) is 0 Å². The van der Waals surface area contributed by atoms with E-state index in [1.54, 1.807) is 12.1 Å². The van der Waals surface area contributed by atoms with Gasteiger partial charge in [0.1, 0.15) is 17.5 Å². The Morgan fingerprint density at radius 1 is 1.12 bits per heavy atom. The first-order chi connectivity index (χ1) is 7.68. The van der Waals surface area contributed by atoms with Crippen LogP contribution in [0.5, 0.6) is 5.75 Å². The Morgan fingerprint density at radius 2 is 1.81 bits per heavy atom. The molecule has 0 atom stereocenters. The summed E-state index contributed by atoms with van der Waals surface area (Å²) in [5, 5.41) is 12.3. The van der Waals surface area contributed by atoms with Gasteiger partial charge in [0, 0.05) is 5.39 Å². The predicted molar refractivity (Wildman–Crippen MR) is 58.7 cm³/mol. The SMILES string of the molecule is C=C(Oc1cccc2ccccc12)C(=O)[O-]. The normalized spacial score (nSPS) is 10.0. The lowest BCUT2D eigenvalue weighted by atomic mass is 10.1. The largest absolute Gasteiger partial charge is 0.542 e. The first-order valence-corrected chi connectivity index (χ1v) is 4.74. The Labute approximate surface area is 92.6 Å². The summed E-state index contributed by atoms with van der Waals surface area (Å²) < 4.78 is 5.13. The number of aliphatic carboxylic acids is 1. The molecule has 0 aliphatic rings. The van der Waals surface area contributed by atoms with Crippen molar-refractivity contribution in [2.45, 2.75) is 0 Å². The highest BCUT2D eigenvalue weighted by Gasteiger charge is 2.03. The summed E-state index contributed by atoms with van der Waals surface area (Å²) in [6.07, 6.45) is 0. The van der Waals surface area contributed by atoms with Crippen molar-refractivity contribution in [1.29, 1.82) is 0 Å². The van der Waals surface area contributed by atoms with Crippen molar-refractivity contribution >= 4 is 16.7 Å². The maximum absolute atomic E-state index is 10.5. The fourth-order valence-electron chi connectivity index (χ4n) is 1.46. The summed E-state index contributed by atoms with van der Waals surface area (Å²) in [5.41, 5.74) is 0. The van der Waals surface area contributed by atoms with Crippen LogP contribution in [-0.4, -0.2) is 5.97 Å². The summed E-state index contributed by atoms with van der Waals surface area (Å²) in [5.74, 6) is -1.34. The van der Waals surface area contributed by atoms with E-state index >= 15 is 0 Å². The zero-order valence-electron chi connectivity index (χ0n) is 8.47. The van der Waals surface area contributed by atoms with E-state index in [1.807, 2.05) is 30.3 Å². The Kier molecular flexibility index (Phi) is 2.60. The molecule has 0 aliphatic carbocycles. The van der Waals surface area contributed by atoms with Gasteiger partial charge in [-0.1, -0.05) is 43.0 Å². The first kappa shape index (κ1) is 10.2. The van der Waals surface area contributed by atoms with Gasteiger partial charge >= 0.3 is 0 Å². The molecule has 0 heterocycles. The number of carboxylic acid groups (broad SMARTS) is 1. The van der Waals surface area contributed by atoms with Crippen LogP contribution in [0.1, 0.15) is 0 Å². The van der Waals surface area contributed by atoms with Crippen molar-refractivity contribution in [1.82, 2.24) is 0 Å². The monoisotopic (exact) mass is 213 g/mol. The lowest BCUT2D eigenvalue weighted by Crippen LogP contribution is -2.26. The van der Waals surface area contributed by atoms with Gasteiger partial charge in [0.2, 0.25) is 0 Å². The second-order valence-electron chi connectivity index (χ2n) is 3.29. The minimum Gasteiger partial charge on any atom is -0.542 e. The average molecular weight is 213 g/mol. The number of ether oxygens (including phenoxy) is 1. The second kappa shape index (κ2) is 4.06. The van der Waals surface area contributed by atoms with Crippen LogP contribution in [0, 0.1) is 0 Å². The van der Waals surface area contributed by atoms with Gasteiger partial charge in [-0.2, -0.15) is 0 Å². The number of hydrogen-bond donors (Lipinski definition) is 0. The third-order valence-corrected chi connectivity index (χ3v) is 2.21. The molecule has 0 radical (unpaired) electrons. The van der Waals surface area contributed by atoms with E-state index in [9.17, 15) is 9.90 Å². The molecule has 2 rings (SSSR count). The van der Waals surface area contributed by atoms with E-state index in [-0.39, 0.29) is 0 Å². The molecule has 0 aliphatic heterocycles. The fraction of sp³-hybridized carbons (Fsp3) is 0. The highest BCUT2D eigenvalue weighted by molar-refractivity contribution is 5.89. The molecule has 2 aromatic rings. The number of carbonyl (C=O) groups excluding carboxylic acids is 1. The molecule has 0 saturated carbocycles. The van der Waals surface area contributed by atoms with E-state index in [4.69, 9.17) is 4.74 Å². The van der Waals surface area contributed by atoms with Crippen LogP contribution in [0.4, 0.5) is 0 Å². The summed E-state index contributed by atoms with van der Waals surface area (Å²) in [6, 6.07) is 12.9. The predicted octanol–water partition coefficient (Wildman–Crippen LogP) is 1.48. The quantitative estimate of drug-likeness (QED) is 0.573. The molecule has 0 N–H and O–H groups in total. The van der Waals surface area contributed by atoms with Gasteiger partial charge in [-0.3, -0.25) is 0 Å². The molecular formula is C13H9O3-. The number of benzene rings is 2. The molecule has 0 aromatic heterocycles. The maximum Gasteiger partial charge on any atom is 0.142 e. The van der Waals surface area contributed by atoms with Crippen LogP contribution < -0.4 is 9.84 Å². The smallest absolute Gasteiger partial charge is 0.142 e. The maximum atomic E-state index is 10.5. The highest BCUT2D eigenvalue weighted by atomic mass is 16.5. The van der Waals surface area contributed by atoms with Gasteiger partial charge in [-0.15, -0.1) is 0 Å². The van der Waals surface area contributed by atoms with Crippen molar-refractivity contribution in [2.24, 2.45) is 0 Å². The molecule has 0 unspecified atom stereocenters. The molecule has 0 saturated heterocycles. The van der Waals surface area contributed by atoms with Crippen molar-refractivity contribution in [3.8, 4) is 5.75 Å². The van der Waals surface area contributed by atoms with Gasteiger partial charge < -0.3 is 14.6 Å². The number of rotatable bonds is 3. The fourth-order valence-corrected chi connectivity index (χ4v) is 1.46. The molecule has 2 aromatic carbocycles. The third kappa shape index (κ3) is 1.88. The lowest BCUT2D eigenvalue weighted by Gasteiger charge is -2.11. The van der Waals surface area contributed by atoms with E-state index in [0.29, 0.717) is 5.75 Å². The Bertz CT molecular complexity index is 553. The first-order valence-electron chi connectivity index (χ1n) is 4.74. The molecule has 80 valence electrons. The molecule has 3 heteroatoms. The standard InChI is InChI=1S/C13H10O3/c1-9(13(14)15)16-12-8-4-6-10-5-2-3-7-11(10)12/h2-8H,1H2,(H,14,15)/p-1. The van der Waals surface area contributed by atoms with Crippen LogP contribution in [-0.2, 0) is 4.79 Å². The summed E-state index contributed by atoms with van der Waals surface area (Å²) >= 11 is 0. The van der Waals surface area contributed by atoms with Gasteiger partial charge in [0.15, 0.2) is 0 Å². The topological polar surface area (TPSA) is 49.4 Å². The van der Waals surface area contributed by atoms with Crippen LogP contribution in [0.25, 0.3) is 10.8 Å². The minimum absolute atomic E-state index is 0.392. The molecule has 3 nitrogen and oxygen atoms in total. The Morgan fingerprint density at radius 3 is 2.56 bits per heavy atom. The van der Waals surface area contributed by atoms with Crippen LogP contribution in [0.3, 0.4) is 0 Å². The Hall–Kier alpha value is -2.29. The molecule has 0 amide bonds. The summed E-state index contributed by atoms with van der Waals surface area (Å²) in [7, 11) is 0. The van der Waals surface area contributed by atoms with E-state index in [2.05, 4.69) is 6.58 Å². The van der Waals surface area contributed by atoms with Gasteiger partial charge in [0.05, 0.1) is 0 Å². The Balaban J connectivity index is 2.45. The molecular weight excluding hydrogens is 204 g/mol. The lowest BCUT2D eigenvalue weighted by molar-refractivity contribution is -0.301. The zero-order chi connectivity index (χ0) is 11.5. The van der Waals surface area contributed by atoms with E-state index < -0.39 is 11.7 Å². The van der Waals surface area contributed by atoms with Crippen molar-refractivity contribution in [2.75, 3.05) is 0 Å². The molecule has 0 fully saturated rings. The van der Waals surface area contributed by atoms with Crippen molar-refractivity contribution < 1.29 is 14.6 Å². The minimum atomic E-state index is -1.41. The van der Waals surface area contributed by atoms with Gasteiger partial charge in [-0.25, -0.2) is 0 Å². The number of hydrogen-bond acceptors (Lipinski definition) is 3. The second-order valence-corrected chi connectivity index (χ2v) is 3.29. The molecule has 0 bridgehead atoms. The summed E-state index contributed by atoms with van der Waals surface area (Å²) in [4.78, 5) is 10.5. The average Bonchev–Trinajstić information content (AvgIpc) is 2.29. The molecule has 0 spiro atoms.